The first-order chi connectivity index (χ1) is 6.41. The molecule has 0 rings (SSSR count). The molecule has 3 N–H and O–H groups in total. The third-order valence-electron chi connectivity index (χ3n) is 0.814. The van der Waals surface area contributed by atoms with Gasteiger partial charge in [0.25, 0.3) is 0 Å². The second-order valence-corrected chi connectivity index (χ2v) is 2.00. The molecule has 0 aliphatic heterocycles. The van der Waals surface area contributed by atoms with Gasteiger partial charge in [-0.3, -0.25) is 0 Å². The van der Waals surface area contributed by atoms with Gasteiger partial charge in [0.2, 0.25) is 0 Å². The summed E-state index contributed by atoms with van der Waals surface area (Å²) in [6, 6.07) is 0. The Morgan fingerprint density at radius 1 is 1.29 bits per heavy atom. The van der Waals surface area contributed by atoms with E-state index in [9.17, 15) is 4.79 Å². The number of carbonyl (C=O) groups is 2. The molecule has 0 atom stereocenters. The van der Waals surface area contributed by atoms with Crippen molar-refractivity contribution in [2.24, 2.45) is 0 Å². The lowest BCUT2D eigenvalue weighted by Gasteiger charge is -1.98. The monoisotopic (exact) mass is 204 g/mol. The molecule has 0 aliphatic carbocycles. The minimum absolute atomic E-state index is 0.0569. The van der Waals surface area contributed by atoms with E-state index in [1.165, 1.54) is 0 Å². The van der Waals surface area contributed by atoms with E-state index < -0.39 is 12.1 Å². The lowest BCUT2D eigenvalue weighted by atomic mass is 10.3. The van der Waals surface area contributed by atoms with Crippen LogP contribution < -0.4 is 0 Å². The van der Waals surface area contributed by atoms with E-state index in [1.54, 1.807) is 6.08 Å². The second-order valence-electron chi connectivity index (χ2n) is 2.00. The summed E-state index contributed by atoms with van der Waals surface area (Å²) >= 11 is 0. The van der Waals surface area contributed by atoms with E-state index in [1.807, 2.05) is 0 Å². The number of carboxylic acid groups (broad SMARTS) is 3. The molecule has 6 heteroatoms. The molecule has 0 unspecified atom stereocenters. The molecule has 14 heavy (non-hydrogen) atoms. The van der Waals surface area contributed by atoms with Crippen LogP contribution in [0.25, 0.3) is 0 Å². The Labute approximate surface area is 80.7 Å². The maximum atomic E-state index is 10.1. The van der Waals surface area contributed by atoms with E-state index in [0.29, 0.717) is 6.61 Å². The summed E-state index contributed by atoms with van der Waals surface area (Å²) < 4.78 is 4.81. The summed E-state index contributed by atoms with van der Waals surface area (Å²) in [5, 5.41) is 22.2. The van der Waals surface area contributed by atoms with Crippen LogP contribution >= 0.6 is 0 Å². The van der Waals surface area contributed by atoms with Crippen LogP contribution in [0.3, 0.4) is 0 Å². The van der Waals surface area contributed by atoms with Crippen LogP contribution in [0.1, 0.15) is 0 Å². The van der Waals surface area contributed by atoms with E-state index >= 15 is 0 Å². The Hall–Kier alpha value is -1.82. The predicted molar refractivity (Wildman–Crippen MR) is 48.4 cm³/mol. The van der Waals surface area contributed by atoms with Gasteiger partial charge in [0.15, 0.2) is 0 Å². The number of hydrogen-bond donors (Lipinski definition) is 3. The van der Waals surface area contributed by atoms with Crippen LogP contribution in [0.15, 0.2) is 24.8 Å². The standard InChI is InChI=1S/C7H10O3.CH2O3/c1-3-4-10-5-6(2)7(8)9;2-1(3)4/h3H,1-2,4-5H2,(H,8,9);(H2,2,3,4). The quantitative estimate of drug-likeness (QED) is 0.351. The van der Waals surface area contributed by atoms with Gasteiger partial charge in [-0.15, -0.1) is 6.58 Å². The van der Waals surface area contributed by atoms with Crippen LogP contribution in [0.4, 0.5) is 4.79 Å². The highest BCUT2D eigenvalue weighted by molar-refractivity contribution is 5.85. The molecule has 0 aromatic heterocycles. The zero-order valence-corrected chi connectivity index (χ0v) is 7.47. The third-order valence-corrected chi connectivity index (χ3v) is 0.814. The fourth-order valence-electron chi connectivity index (χ4n) is 0.327. The summed E-state index contributed by atoms with van der Waals surface area (Å²) in [6.45, 7) is 7.08. The van der Waals surface area contributed by atoms with Gasteiger partial charge >= 0.3 is 12.1 Å². The number of hydrogen-bond acceptors (Lipinski definition) is 3. The molecule has 80 valence electrons. The number of carboxylic acids is 1. The number of ether oxygens (including phenoxy) is 1. The van der Waals surface area contributed by atoms with Gasteiger partial charge in [-0.25, -0.2) is 9.59 Å². The Morgan fingerprint density at radius 2 is 1.71 bits per heavy atom. The molecule has 0 saturated carbocycles. The molecule has 0 aliphatic rings. The van der Waals surface area contributed by atoms with Crippen LogP contribution in [-0.4, -0.2) is 40.7 Å². The van der Waals surface area contributed by atoms with Crippen molar-refractivity contribution in [3.8, 4) is 0 Å². The normalized spacial score (nSPS) is 8.00. The van der Waals surface area contributed by atoms with E-state index in [0.717, 1.165) is 0 Å². The minimum Gasteiger partial charge on any atom is -0.478 e. The largest absolute Gasteiger partial charge is 0.503 e. The van der Waals surface area contributed by atoms with Crippen molar-refractivity contribution in [1.29, 1.82) is 0 Å². The molecule has 0 amide bonds. The minimum atomic E-state index is -1.83. The maximum absolute atomic E-state index is 10.1. The van der Waals surface area contributed by atoms with Crippen molar-refractivity contribution in [3.05, 3.63) is 24.8 Å². The average molecular weight is 204 g/mol. The van der Waals surface area contributed by atoms with Gasteiger partial charge in [0, 0.05) is 0 Å². The van der Waals surface area contributed by atoms with Crippen molar-refractivity contribution in [3.63, 3.8) is 0 Å². The van der Waals surface area contributed by atoms with Gasteiger partial charge < -0.3 is 20.1 Å². The molecule has 0 spiro atoms. The molecule has 0 bridgehead atoms. The molecular formula is C8H12O6. The average Bonchev–Trinajstić information content (AvgIpc) is 2.03. The van der Waals surface area contributed by atoms with Crippen molar-refractivity contribution in [1.82, 2.24) is 0 Å². The maximum Gasteiger partial charge on any atom is 0.503 e. The van der Waals surface area contributed by atoms with Crippen LogP contribution in [0.2, 0.25) is 0 Å². The second kappa shape index (κ2) is 9.27. The van der Waals surface area contributed by atoms with Crippen molar-refractivity contribution in [2.75, 3.05) is 13.2 Å². The van der Waals surface area contributed by atoms with Crippen molar-refractivity contribution >= 4 is 12.1 Å². The van der Waals surface area contributed by atoms with Gasteiger partial charge in [0.1, 0.15) is 0 Å². The Kier molecular flexibility index (Phi) is 9.73. The van der Waals surface area contributed by atoms with E-state index in [4.69, 9.17) is 24.9 Å². The zero-order chi connectivity index (χ0) is 11.6. The molecular weight excluding hydrogens is 192 g/mol. The molecule has 0 heterocycles. The Morgan fingerprint density at radius 3 is 2.00 bits per heavy atom. The summed E-state index contributed by atoms with van der Waals surface area (Å²) in [4.78, 5) is 18.6. The van der Waals surface area contributed by atoms with Gasteiger partial charge in [0.05, 0.1) is 18.8 Å². The Bertz CT molecular complexity index is 216. The molecule has 0 fully saturated rings. The SMILES string of the molecule is C=CCOCC(=C)C(=O)O.O=C(O)O. The highest BCUT2D eigenvalue weighted by Gasteiger charge is 2.01. The highest BCUT2D eigenvalue weighted by Crippen LogP contribution is 1.90. The third kappa shape index (κ3) is 16.6. The van der Waals surface area contributed by atoms with Gasteiger partial charge in [-0.1, -0.05) is 12.7 Å². The van der Waals surface area contributed by atoms with E-state index in [2.05, 4.69) is 13.2 Å². The topological polar surface area (TPSA) is 104 Å². The molecule has 0 radical (unpaired) electrons. The summed E-state index contributed by atoms with van der Waals surface area (Å²) in [5.41, 5.74) is 0.0573. The van der Waals surface area contributed by atoms with Crippen LogP contribution in [0.5, 0.6) is 0 Å². The van der Waals surface area contributed by atoms with Crippen molar-refractivity contribution < 1.29 is 29.6 Å². The smallest absolute Gasteiger partial charge is 0.478 e. The summed E-state index contributed by atoms with van der Waals surface area (Å²) in [7, 11) is 0. The molecule has 0 saturated heterocycles. The fourth-order valence-corrected chi connectivity index (χ4v) is 0.327. The Balaban J connectivity index is 0. The van der Waals surface area contributed by atoms with Crippen LogP contribution in [-0.2, 0) is 9.53 Å². The first-order valence-corrected chi connectivity index (χ1v) is 3.43. The number of rotatable bonds is 5. The van der Waals surface area contributed by atoms with Crippen molar-refractivity contribution in [2.45, 2.75) is 0 Å². The molecule has 6 nitrogen and oxygen atoms in total. The first kappa shape index (κ1) is 14.7. The van der Waals surface area contributed by atoms with Gasteiger partial charge in [-0.2, -0.15) is 0 Å². The highest BCUT2D eigenvalue weighted by atomic mass is 16.6. The summed E-state index contributed by atoms with van der Waals surface area (Å²) in [6.07, 6.45) is -0.283. The predicted octanol–water partition coefficient (Wildman–Crippen LogP) is 1.05. The lowest BCUT2D eigenvalue weighted by molar-refractivity contribution is -0.133. The van der Waals surface area contributed by atoms with E-state index in [-0.39, 0.29) is 12.2 Å². The fraction of sp³-hybridized carbons (Fsp3) is 0.250. The summed E-state index contributed by atoms with van der Waals surface area (Å²) in [5.74, 6) is -1.02. The van der Waals surface area contributed by atoms with Crippen LogP contribution in [0, 0.1) is 0 Å². The molecule has 0 aromatic carbocycles. The number of aliphatic carboxylic acids is 1. The zero-order valence-electron chi connectivity index (χ0n) is 7.47. The molecule has 0 aromatic rings. The lowest BCUT2D eigenvalue weighted by Crippen LogP contribution is -2.06. The first-order valence-electron chi connectivity index (χ1n) is 3.43. The van der Waals surface area contributed by atoms with Gasteiger partial charge in [-0.05, 0) is 0 Å².